The smallest absolute Gasteiger partial charge is 0.251 e. The highest BCUT2D eigenvalue weighted by Gasteiger charge is 2.25. The molecule has 2 aliphatic rings. The van der Waals surface area contributed by atoms with Crippen molar-refractivity contribution >= 4 is 11.6 Å². The number of amides is 1. The minimum atomic E-state index is -0.874. The number of nitrogens with zero attached hydrogens (tertiary/aromatic N) is 2. The Balaban J connectivity index is 1.38. The number of nitriles is 1. The number of methoxy groups -OCH3 is 1. The van der Waals surface area contributed by atoms with Crippen LogP contribution in [0.4, 0.5) is 10.1 Å². The fourth-order valence-corrected chi connectivity index (χ4v) is 4.23. The Kier molecular flexibility index (Phi) is 8.06. The second kappa shape index (κ2) is 11.4. The van der Waals surface area contributed by atoms with Gasteiger partial charge >= 0.3 is 0 Å². The van der Waals surface area contributed by atoms with Crippen LogP contribution in [0.15, 0.2) is 30.3 Å². The third-order valence-corrected chi connectivity index (χ3v) is 6.21. The lowest BCUT2D eigenvalue weighted by atomic mass is 10.0. The summed E-state index contributed by atoms with van der Waals surface area (Å²) >= 11 is 0. The number of rotatable bonds is 6. The van der Waals surface area contributed by atoms with Gasteiger partial charge in [0.1, 0.15) is 18.0 Å². The van der Waals surface area contributed by atoms with Crippen molar-refractivity contribution in [2.75, 3.05) is 38.7 Å². The normalized spacial score (nSPS) is 21.2. The maximum absolute atomic E-state index is 14.9. The third kappa shape index (κ3) is 5.89. The summed E-state index contributed by atoms with van der Waals surface area (Å²) in [5, 5.41) is 18.7. The maximum Gasteiger partial charge on any atom is 0.251 e. The highest BCUT2D eigenvalue weighted by atomic mass is 19.1. The quantitative estimate of drug-likeness (QED) is 0.598. The molecule has 3 heterocycles. The summed E-state index contributed by atoms with van der Waals surface area (Å²) in [6.45, 7) is 2.26. The lowest BCUT2D eigenvalue weighted by molar-refractivity contribution is -0.134. The van der Waals surface area contributed by atoms with Crippen molar-refractivity contribution in [3.8, 4) is 17.3 Å². The Morgan fingerprint density at radius 2 is 2.26 bits per heavy atom. The molecule has 1 amide bonds. The molecule has 1 aromatic heterocycles. The number of benzene rings is 1. The van der Waals surface area contributed by atoms with Gasteiger partial charge in [0.2, 0.25) is 0 Å². The molecular formula is C25H30FN5O3. The molecule has 2 aromatic rings. The van der Waals surface area contributed by atoms with Crippen LogP contribution in [-0.2, 0) is 27.1 Å². The van der Waals surface area contributed by atoms with Crippen LogP contribution in [-0.4, -0.2) is 62.5 Å². The number of anilines is 1. The highest BCUT2D eigenvalue weighted by Crippen LogP contribution is 2.26. The molecule has 1 saturated heterocycles. The summed E-state index contributed by atoms with van der Waals surface area (Å²) in [7, 11) is 1.64. The van der Waals surface area contributed by atoms with Gasteiger partial charge in [0, 0.05) is 38.7 Å². The van der Waals surface area contributed by atoms with E-state index in [0.29, 0.717) is 42.9 Å². The van der Waals surface area contributed by atoms with Crippen LogP contribution in [0.2, 0.25) is 0 Å². The molecular weight excluding hydrogens is 437 g/mol. The number of fused-ring (bicyclic) bond motifs is 1. The number of carbonyl (C=O) groups excluding carboxylic acids is 1. The minimum absolute atomic E-state index is 0.0370. The minimum Gasteiger partial charge on any atom is -0.384 e. The van der Waals surface area contributed by atoms with E-state index in [1.165, 1.54) is 6.07 Å². The van der Waals surface area contributed by atoms with Gasteiger partial charge in [-0.05, 0) is 43.0 Å². The predicted octanol–water partition coefficient (Wildman–Crippen LogP) is 2.19. The van der Waals surface area contributed by atoms with Gasteiger partial charge in [0.15, 0.2) is 0 Å². The van der Waals surface area contributed by atoms with Crippen molar-refractivity contribution < 1.29 is 18.7 Å². The lowest BCUT2D eigenvalue weighted by Crippen LogP contribution is -2.49. The zero-order valence-electron chi connectivity index (χ0n) is 19.3. The molecule has 9 heteroatoms. The van der Waals surface area contributed by atoms with Crippen LogP contribution >= 0.6 is 0 Å². The number of aromatic nitrogens is 1. The van der Waals surface area contributed by atoms with Crippen molar-refractivity contribution in [3.05, 3.63) is 47.4 Å². The van der Waals surface area contributed by atoms with Gasteiger partial charge in [0.25, 0.3) is 5.91 Å². The SMILES string of the molecule is CO[C@H]1CCO[C@H](C(=O)N[C@H](C#N)Cc2ccc(-c3ccc4c(n3)CCCN4)cc2F)CNC1. The van der Waals surface area contributed by atoms with E-state index in [0.717, 1.165) is 30.8 Å². The van der Waals surface area contributed by atoms with E-state index >= 15 is 0 Å². The average Bonchev–Trinajstić information content (AvgIpc) is 2.84. The molecule has 180 valence electrons. The molecule has 0 radical (unpaired) electrons. The Labute approximate surface area is 198 Å². The van der Waals surface area contributed by atoms with E-state index < -0.39 is 18.0 Å². The molecule has 0 unspecified atom stereocenters. The maximum atomic E-state index is 14.9. The summed E-state index contributed by atoms with van der Waals surface area (Å²) in [6, 6.07) is 9.93. The fourth-order valence-electron chi connectivity index (χ4n) is 4.23. The van der Waals surface area contributed by atoms with Crippen LogP contribution in [0.1, 0.15) is 24.1 Å². The third-order valence-electron chi connectivity index (χ3n) is 6.21. The van der Waals surface area contributed by atoms with Gasteiger partial charge in [-0.2, -0.15) is 5.26 Å². The fraction of sp³-hybridized carbons (Fsp3) is 0.480. The number of aryl methyl sites for hydroxylation is 1. The Morgan fingerprint density at radius 3 is 3.06 bits per heavy atom. The van der Waals surface area contributed by atoms with E-state index in [1.807, 2.05) is 12.1 Å². The van der Waals surface area contributed by atoms with Crippen molar-refractivity contribution in [2.45, 2.75) is 43.9 Å². The first kappa shape index (κ1) is 24.1. The zero-order valence-corrected chi connectivity index (χ0v) is 19.3. The topological polar surface area (TPSA) is 108 Å². The lowest BCUT2D eigenvalue weighted by Gasteiger charge is -2.25. The summed E-state index contributed by atoms with van der Waals surface area (Å²) < 4.78 is 25.9. The molecule has 34 heavy (non-hydrogen) atoms. The molecule has 0 aliphatic carbocycles. The van der Waals surface area contributed by atoms with Gasteiger partial charge in [-0.1, -0.05) is 12.1 Å². The van der Waals surface area contributed by atoms with Crippen molar-refractivity contribution in [1.29, 1.82) is 5.26 Å². The van der Waals surface area contributed by atoms with Crippen LogP contribution in [0.3, 0.4) is 0 Å². The standard InChI is InChI=1S/C25H30FN5O3/c1-33-19-8-10-34-24(15-28-14-19)25(32)30-18(13-27)11-16-4-5-17(12-20(16)26)21-6-7-22-23(31-21)3-2-9-29-22/h4-7,12,18-19,24,28-29H,2-3,8-11,14-15H2,1H3,(H,30,32)/t18-,19-,24-/m0/s1. The molecule has 2 aliphatic heterocycles. The molecule has 1 aromatic carbocycles. The van der Waals surface area contributed by atoms with Gasteiger partial charge in [-0.15, -0.1) is 0 Å². The average molecular weight is 468 g/mol. The summed E-state index contributed by atoms with van der Waals surface area (Å²) in [5.41, 5.74) is 3.76. The molecule has 4 rings (SSSR count). The Hall–Kier alpha value is -3.06. The number of halogens is 1. The molecule has 0 saturated carbocycles. The van der Waals surface area contributed by atoms with Crippen molar-refractivity contribution in [3.63, 3.8) is 0 Å². The van der Waals surface area contributed by atoms with Crippen LogP contribution in [0.25, 0.3) is 11.3 Å². The summed E-state index contributed by atoms with van der Waals surface area (Å²) in [4.78, 5) is 17.3. The molecule has 1 fully saturated rings. The van der Waals surface area contributed by atoms with Crippen molar-refractivity contribution in [2.24, 2.45) is 0 Å². The van der Waals surface area contributed by atoms with Crippen molar-refractivity contribution in [1.82, 2.24) is 15.6 Å². The van der Waals surface area contributed by atoms with Crippen LogP contribution in [0.5, 0.6) is 0 Å². The van der Waals surface area contributed by atoms with Crippen LogP contribution < -0.4 is 16.0 Å². The molecule has 0 bridgehead atoms. The summed E-state index contributed by atoms with van der Waals surface area (Å²) in [5.74, 6) is -0.821. The number of hydrogen-bond acceptors (Lipinski definition) is 7. The van der Waals surface area contributed by atoms with E-state index in [4.69, 9.17) is 9.47 Å². The second-order valence-corrected chi connectivity index (χ2v) is 8.59. The number of nitrogens with one attached hydrogen (secondary N) is 3. The predicted molar refractivity (Wildman–Crippen MR) is 126 cm³/mol. The van der Waals surface area contributed by atoms with Gasteiger partial charge in [-0.25, -0.2) is 4.39 Å². The first-order valence-corrected chi connectivity index (χ1v) is 11.6. The monoisotopic (exact) mass is 467 g/mol. The molecule has 8 nitrogen and oxygen atoms in total. The number of pyridine rings is 1. The Morgan fingerprint density at radius 1 is 1.38 bits per heavy atom. The van der Waals surface area contributed by atoms with E-state index in [-0.39, 0.29) is 18.4 Å². The first-order chi connectivity index (χ1) is 16.6. The Bertz CT molecular complexity index is 1050. The zero-order chi connectivity index (χ0) is 23.9. The van der Waals surface area contributed by atoms with E-state index in [2.05, 4.69) is 27.0 Å². The van der Waals surface area contributed by atoms with Gasteiger partial charge < -0.3 is 25.4 Å². The largest absolute Gasteiger partial charge is 0.384 e. The number of ether oxygens (including phenoxy) is 2. The van der Waals surface area contributed by atoms with Gasteiger partial charge in [-0.3, -0.25) is 9.78 Å². The first-order valence-electron chi connectivity index (χ1n) is 11.6. The summed E-state index contributed by atoms with van der Waals surface area (Å²) in [6.07, 6.45) is 1.96. The van der Waals surface area contributed by atoms with E-state index in [1.54, 1.807) is 19.2 Å². The second-order valence-electron chi connectivity index (χ2n) is 8.59. The van der Waals surface area contributed by atoms with Gasteiger partial charge in [0.05, 0.1) is 35.9 Å². The van der Waals surface area contributed by atoms with Crippen LogP contribution in [0, 0.1) is 17.1 Å². The number of hydrogen-bond donors (Lipinski definition) is 3. The molecule has 0 spiro atoms. The number of carbonyl (C=O) groups is 1. The molecule has 3 N–H and O–H groups in total. The highest BCUT2D eigenvalue weighted by molar-refractivity contribution is 5.81. The van der Waals surface area contributed by atoms with E-state index in [9.17, 15) is 14.4 Å². The molecule has 3 atom stereocenters.